The molecule has 1 atom stereocenters. The van der Waals surface area contributed by atoms with Gasteiger partial charge in [-0.15, -0.1) is 0 Å². The van der Waals surface area contributed by atoms with Crippen LogP contribution in [-0.2, 0) is 21.1 Å². The summed E-state index contributed by atoms with van der Waals surface area (Å²) in [6.45, 7) is 1.38. The van der Waals surface area contributed by atoms with Crippen LogP contribution >= 0.6 is 0 Å². The number of hydrogen-bond donors (Lipinski definition) is 0. The first-order chi connectivity index (χ1) is 8.38. The minimum Gasteiger partial charge on any atom is -0.440 e. The molecular formula is C12H13NO4S. The lowest BCUT2D eigenvalue weighted by Gasteiger charge is -2.05. The van der Waals surface area contributed by atoms with E-state index >= 15 is 0 Å². The van der Waals surface area contributed by atoms with Gasteiger partial charge in [0.1, 0.15) is 10.8 Å². The van der Waals surface area contributed by atoms with E-state index in [1.807, 2.05) is 6.07 Å². The van der Waals surface area contributed by atoms with Crippen LogP contribution in [0.5, 0.6) is 0 Å². The second kappa shape index (κ2) is 4.53. The van der Waals surface area contributed by atoms with Gasteiger partial charge in [-0.3, -0.25) is 4.79 Å². The first-order valence-electron chi connectivity index (χ1n) is 5.44. The van der Waals surface area contributed by atoms with Gasteiger partial charge < -0.3 is 4.42 Å². The number of aromatic nitrogens is 1. The molecule has 96 valence electrons. The number of rotatable bonds is 4. The smallest absolute Gasteiger partial charge is 0.202 e. The molecule has 6 heteroatoms. The van der Waals surface area contributed by atoms with Crippen molar-refractivity contribution in [3.05, 3.63) is 30.2 Å². The summed E-state index contributed by atoms with van der Waals surface area (Å²) >= 11 is 0. The van der Waals surface area contributed by atoms with E-state index in [2.05, 4.69) is 4.98 Å². The molecule has 2 aromatic rings. The molecule has 0 aliphatic heterocycles. The highest BCUT2D eigenvalue weighted by Crippen LogP contribution is 2.16. The molecule has 0 fully saturated rings. The number of benzene rings is 1. The number of sulfone groups is 1. The summed E-state index contributed by atoms with van der Waals surface area (Å²) < 4.78 is 27.9. The minimum atomic E-state index is -3.37. The van der Waals surface area contributed by atoms with Crippen molar-refractivity contribution in [3.8, 4) is 0 Å². The quantitative estimate of drug-likeness (QED) is 0.836. The number of Topliss-reactive ketones (excluding diaryl/α,β-unsaturated/α-hetero) is 1. The van der Waals surface area contributed by atoms with E-state index < -0.39 is 20.9 Å². The maximum absolute atomic E-state index is 11.8. The number of carbonyl (C=O) groups is 1. The van der Waals surface area contributed by atoms with Gasteiger partial charge in [0, 0.05) is 6.26 Å². The monoisotopic (exact) mass is 267 g/mol. The Morgan fingerprint density at radius 2 is 2.06 bits per heavy atom. The highest BCUT2D eigenvalue weighted by molar-refractivity contribution is 7.92. The van der Waals surface area contributed by atoms with Crippen LogP contribution in [0.3, 0.4) is 0 Å². The summed E-state index contributed by atoms with van der Waals surface area (Å²) in [6.07, 6.45) is 0.935. The van der Waals surface area contributed by atoms with Crippen LogP contribution in [0.1, 0.15) is 12.8 Å². The molecule has 0 radical (unpaired) electrons. The zero-order valence-corrected chi connectivity index (χ0v) is 10.9. The highest BCUT2D eigenvalue weighted by atomic mass is 32.2. The average Bonchev–Trinajstić information content (AvgIpc) is 2.68. The van der Waals surface area contributed by atoms with Crippen LogP contribution in [0.4, 0.5) is 0 Å². The number of carbonyl (C=O) groups excluding carboxylic acids is 1. The molecule has 0 amide bonds. The standard InChI is InChI=1S/C12H13NO4S/c1-8(18(2,15)16)10(14)7-12-13-9-5-3-4-6-11(9)17-12/h3-6,8H,7H2,1-2H3. The Bertz CT molecular complexity index is 654. The summed E-state index contributed by atoms with van der Waals surface area (Å²) in [4.78, 5) is 15.9. The molecule has 0 bridgehead atoms. The zero-order chi connectivity index (χ0) is 13.3. The largest absolute Gasteiger partial charge is 0.440 e. The van der Waals surface area contributed by atoms with E-state index in [1.54, 1.807) is 18.2 Å². The fourth-order valence-electron chi connectivity index (χ4n) is 1.53. The van der Waals surface area contributed by atoms with Crippen LogP contribution in [-0.4, -0.2) is 30.7 Å². The van der Waals surface area contributed by atoms with Crippen molar-refractivity contribution in [2.24, 2.45) is 0 Å². The van der Waals surface area contributed by atoms with E-state index in [4.69, 9.17) is 4.42 Å². The molecule has 5 nitrogen and oxygen atoms in total. The fraction of sp³-hybridized carbons (Fsp3) is 0.333. The van der Waals surface area contributed by atoms with Gasteiger partial charge in [-0.1, -0.05) is 12.1 Å². The van der Waals surface area contributed by atoms with Gasteiger partial charge in [0.05, 0.1) is 6.42 Å². The van der Waals surface area contributed by atoms with Gasteiger partial charge in [0.15, 0.2) is 21.2 Å². The fourth-order valence-corrected chi connectivity index (χ4v) is 2.09. The van der Waals surface area contributed by atoms with Crippen LogP contribution in [0, 0.1) is 0 Å². The molecule has 1 unspecified atom stereocenters. The molecule has 1 aromatic carbocycles. The zero-order valence-electron chi connectivity index (χ0n) is 10.1. The lowest BCUT2D eigenvalue weighted by atomic mass is 10.2. The van der Waals surface area contributed by atoms with Crippen LogP contribution in [0.15, 0.2) is 28.7 Å². The highest BCUT2D eigenvalue weighted by Gasteiger charge is 2.25. The van der Waals surface area contributed by atoms with Gasteiger partial charge in [-0.25, -0.2) is 13.4 Å². The van der Waals surface area contributed by atoms with Gasteiger partial charge >= 0.3 is 0 Å². The SMILES string of the molecule is CC(C(=O)Cc1nc2ccccc2o1)S(C)(=O)=O. The molecule has 0 aliphatic rings. The normalized spacial score (nSPS) is 13.7. The van der Waals surface area contributed by atoms with Crippen molar-refractivity contribution < 1.29 is 17.6 Å². The van der Waals surface area contributed by atoms with Gasteiger partial charge in [0.2, 0.25) is 5.89 Å². The lowest BCUT2D eigenvalue weighted by Crippen LogP contribution is -2.27. The van der Waals surface area contributed by atoms with Crippen LogP contribution < -0.4 is 0 Å². The predicted molar refractivity (Wildman–Crippen MR) is 67.0 cm³/mol. The third-order valence-electron chi connectivity index (χ3n) is 2.76. The van der Waals surface area contributed by atoms with E-state index in [9.17, 15) is 13.2 Å². The third kappa shape index (κ3) is 2.59. The van der Waals surface area contributed by atoms with Gasteiger partial charge in [-0.05, 0) is 19.1 Å². The maximum atomic E-state index is 11.8. The van der Waals surface area contributed by atoms with E-state index in [0.717, 1.165) is 6.26 Å². The summed E-state index contributed by atoms with van der Waals surface area (Å²) in [5.74, 6) is -0.166. The van der Waals surface area contributed by atoms with Crippen molar-refractivity contribution in [2.75, 3.05) is 6.26 Å². The molecule has 1 aromatic heterocycles. The van der Waals surface area contributed by atoms with Gasteiger partial charge in [-0.2, -0.15) is 0 Å². The van der Waals surface area contributed by atoms with Crippen molar-refractivity contribution in [2.45, 2.75) is 18.6 Å². The second-order valence-electron chi connectivity index (χ2n) is 4.19. The molecular weight excluding hydrogens is 254 g/mol. The summed E-state index contributed by atoms with van der Waals surface area (Å²) in [7, 11) is -3.37. The van der Waals surface area contributed by atoms with Crippen LogP contribution in [0.2, 0.25) is 0 Å². The van der Waals surface area contributed by atoms with Crippen molar-refractivity contribution in [1.82, 2.24) is 4.98 Å². The van der Waals surface area contributed by atoms with E-state index in [-0.39, 0.29) is 12.3 Å². The number of fused-ring (bicyclic) bond motifs is 1. The Hall–Kier alpha value is -1.69. The topological polar surface area (TPSA) is 77.2 Å². The molecule has 0 saturated carbocycles. The predicted octanol–water partition coefficient (Wildman–Crippen LogP) is 1.37. The van der Waals surface area contributed by atoms with E-state index in [0.29, 0.717) is 11.1 Å². The van der Waals surface area contributed by atoms with Crippen LogP contribution in [0.25, 0.3) is 11.1 Å². The molecule has 0 spiro atoms. The number of ketones is 1. The minimum absolute atomic E-state index is 0.108. The van der Waals surface area contributed by atoms with Gasteiger partial charge in [0.25, 0.3) is 0 Å². The number of hydrogen-bond acceptors (Lipinski definition) is 5. The summed E-state index contributed by atoms with van der Waals surface area (Å²) in [5.41, 5.74) is 1.25. The molecule has 18 heavy (non-hydrogen) atoms. The molecule has 1 heterocycles. The lowest BCUT2D eigenvalue weighted by molar-refractivity contribution is -0.118. The Kier molecular flexibility index (Phi) is 3.21. The summed E-state index contributed by atoms with van der Waals surface area (Å²) in [6, 6.07) is 7.14. The number of para-hydroxylation sites is 2. The second-order valence-corrected chi connectivity index (χ2v) is 6.56. The average molecular weight is 267 g/mol. The molecule has 2 rings (SSSR count). The third-order valence-corrected chi connectivity index (χ3v) is 4.31. The Labute approximate surface area is 105 Å². The number of nitrogens with zero attached hydrogens (tertiary/aromatic N) is 1. The Morgan fingerprint density at radius 1 is 1.39 bits per heavy atom. The first-order valence-corrected chi connectivity index (χ1v) is 7.39. The molecule has 0 saturated heterocycles. The number of oxazole rings is 1. The van der Waals surface area contributed by atoms with Crippen molar-refractivity contribution in [3.63, 3.8) is 0 Å². The first kappa shape index (κ1) is 12.8. The summed E-state index contributed by atoms with van der Waals surface area (Å²) in [5, 5.41) is -1.03. The molecule has 0 aliphatic carbocycles. The van der Waals surface area contributed by atoms with E-state index in [1.165, 1.54) is 6.92 Å². The Morgan fingerprint density at radius 3 is 2.67 bits per heavy atom. The Balaban J connectivity index is 2.22. The van der Waals surface area contributed by atoms with Crippen molar-refractivity contribution in [1.29, 1.82) is 0 Å². The maximum Gasteiger partial charge on any atom is 0.202 e. The molecule has 0 N–H and O–H groups in total. The van der Waals surface area contributed by atoms with Crippen molar-refractivity contribution >= 4 is 26.7 Å².